The summed E-state index contributed by atoms with van der Waals surface area (Å²) in [6.07, 6.45) is 1.22. The monoisotopic (exact) mass is 327 g/mol. The minimum Gasteiger partial charge on any atom is -0.496 e. The number of rotatable bonds is 5. The second-order valence-corrected chi connectivity index (χ2v) is 6.21. The van der Waals surface area contributed by atoms with Crippen LogP contribution in [0.4, 0.5) is 0 Å². The lowest BCUT2D eigenvalue weighted by atomic mass is 9.94. The molecule has 3 nitrogen and oxygen atoms in total. The van der Waals surface area contributed by atoms with Crippen molar-refractivity contribution in [3.8, 4) is 5.75 Å². The normalized spacial score (nSPS) is 23.0. The fourth-order valence-electron chi connectivity index (χ4n) is 2.50. The van der Waals surface area contributed by atoms with Gasteiger partial charge >= 0.3 is 0 Å². The third kappa shape index (κ3) is 3.71. The van der Waals surface area contributed by atoms with Crippen LogP contribution in [0.2, 0.25) is 0 Å². The summed E-state index contributed by atoms with van der Waals surface area (Å²) in [5.74, 6) is 1.41. The molecule has 106 valence electrons. The first kappa shape index (κ1) is 14.8. The lowest BCUT2D eigenvalue weighted by Gasteiger charge is -2.22. The maximum absolute atomic E-state index is 5.94. The fraction of sp³-hybridized carbons (Fsp3) is 0.600. The predicted octanol–water partition coefficient (Wildman–Crippen LogP) is 3.53. The maximum atomic E-state index is 5.94. The Morgan fingerprint density at radius 3 is 2.95 bits per heavy atom. The van der Waals surface area contributed by atoms with Gasteiger partial charge in [-0.2, -0.15) is 0 Å². The summed E-state index contributed by atoms with van der Waals surface area (Å²) in [7, 11) is 1.71. The molecule has 4 heteroatoms. The van der Waals surface area contributed by atoms with E-state index in [0.29, 0.717) is 12.0 Å². The summed E-state index contributed by atoms with van der Waals surface area (Å²) < 4.78 is 12.5. The van der Waals surface area contributed by atoms with E-state index in [9.17, 15) is 0 Å². The highest BCUT2D eigenvalue weighted by Crippen LogP contribution is 2.39. The predicted molar refractivity (Wildman–Crippen MR) is 80.6 cm³/mol. The molecule has 1 aromatic rings. The molecule has 0 aliphatic carbocycles. The Labute approximate surface area is 123 Å². The van der Waals surface area contributed by atoms with Gasteiger partial charge in [0, 0.05) is 35.1 Å². The van der Waals surface area contributed by atoms with Gasteiger partial charge in [0.1, 0.15) is 5.75 Å². The van der Waals surface area contributed by atoms with Crippen LogP contribution >= 0.6 is 15.9 Å². The number of benzene rings is 1. The van der Waals surface area contributed by atoms with Crippen molar-refractivity contribution in [2.24, 2.45) is 5.92 Å². The van der Waals surface area contributed by atoms with Crippen molar-refractivity contribution in [3.05, 3.63) is 28.2 Å². The lowest BCUT2D eigenvalue weighted by Crippen LogP contribution is -2.30. The molecule has 0 bridgehead atoms. The Morgan fingerprint density at radius 2 is 2.26 bits per heavy atom. The average Bonchev–Trinajstić information content (AvgIpc) is 2.84. The molecule has 0 spiro atoms. The van der Waals surface area contributed by atoms with Crippen molar-refractivity contribution in [1.82, 2.24) is 5.32 Å². The summed E-state index contributed by atoms with van der Waals surface area (Å²) in [4.78, 5) is 0. The van der Waals surface area contributed by atoms with Crippen LogP contribution in [0.3, 0.4) is 0 Å². The highest BCUT2D eigenvalue weighted by atomic mass is 79.9. The van der Waals surface area contributed by atoms with Crippen molar-refractivity contribution < 1.29 is 9.47 Å². The Kier molecular flexibility index (Phi) is 5.25. The third-order valence-corrected chi connectivity index (χ3v) is 3.99. The highest BCUT2D eigenvalue weighted by Gasteiger charge is 2.31. The molecule has 0 aromatic heterocycles. The first-order valence-corrected chi connectivity index (χ1v) is 7.59. The zero-order valence-corrected chi connectivity index (χ0v) is 13.4. The van der Waals surface area contributed by atoms with Crippen molar-refractivity contribution in [1.29, 1.82) is 0 Å². The number of nitrogens with one attached hydrogen (secondary N) is 1. The van der Waals surface area contributed by atoms with Gasteiger partial charge in [0.2, 0.25) is 0 Å². The molecule has 0 amide bonds. The van der Waals surface area contributed by atoms with Crippen LogP contribution in [0.1, 0.15) is 31.9 Å². The molecule has 0 radical (unpaired) electrons. The van der Waals surface area contributed by atoms with E-state index >= 15 is 0 Å². The summed E-state index contributed by atoms with van der Waals surface area (Å²) in [5.41, 5.74) is 1.14. The molecular weight excluding hydrogens is 306 g/mol. The molecule has 1 N–H and O–H groups in total. The summed E-state index contributed by atoms with van der Waals surface area (Å²) in [6.45, 7) is 6.15. The molecule has 2 rings (SSSR count). The Hall–Kier alpha value is -0.580. The SMILES string of the molecule is COc1ccc(Br)cc1C1OCCC1CNC(C)C. The molecule has 1 heterocycles. The number of halogens is 1. The van der Waals surface area contributed by atoms with Gasteiger partial charge in [-0.3, -0.25) is 0 Å². The van der Waals surface area contributed by atoms with E-state index in [2.05, 4.69) is 41.2 Å². The van der Waals surface area contributed by atoms with Gasteiger partial charge in [-0.1, -0.05) is 29.8 Å². The smallest absolute Gasteiger partial charge is 0.124 e. The van der Waals surface area contributed by atoms with E-state index in [1.165, 1.54) is 0 Å². The standard InChI is InChI=1S/C15H22BrNO2/c1-10(2)17-9-11-6-7-19-15(11)13-8-12(16)4-5-14(13)18-3/h4-5,8,10-11,15,17H,6-7,9H2,1-3H3. The van der Waals surface area contributed by atoms with Gasteiger partial charge in [-0.15, -0.1) is 0 Å². The molecule has 2 atom stereocenters. The van der Waals surface area contributed by atoms with Gasteiger partial charge < -0.3 is 14.8 Å². The zero-order chi connectivity index (χ0) is 13.8. The van der Waals surface area contributed by atoms with Crippen molar-refractivity contribution in [2.45, 2.75) is 32.4 Å². The zero-order valence-electron chi connectivity index (χ0n) is 11.8. The van der Waals surface area contributed by atoms with Crippen molar-refractivity contribution in [3.63, 3.8) is 0 Å². The minimum atomic E-state index is 0.124. The van der Waals surface area contributed by atoms with Gasteiger partial charge in [0.25, 0.3) is 0 Å². The van der Waals surface area contributed by atoms with E-state index in [4.69, 9.17) is 9.47 Å². The van der Waals surface area contributed by atoms with Crippen LogP contribution < -0.4 is 10.1 Å². The van der Waals surface area contributed by atoms with Gasteiger partial charge in [-0.25, -0.2) is 0 Å². The molecule has 1 fully saturated rings. The molecule has 1 saturated heterocycles. The molecule has 2 unspecified atom stereocenters. The first-order valence-electron chi connectivity index (χ1n) is 6.80. The van der Waals surface area contributed by atoms with E-state index in [0.717, 1.165) is 35.4 Å². The Balaban J connectivity index is 2.17. The molecule has 1 aliphatic rings. The average molecular weight is 328 g/mol. The van der Waals surface area contributed by atoms with Crippen LogP contribution in [0.5, 0.6) is 5.75 Å². The van der Waals surface area contributed by atoms with Crippen LogP contribution in [-0.2, 0) is 4.74 Å². The topological polar surface area (TPSA) is 30.5 Å². The van der Waals surface area contributed by atoms with Crippen LogP contribution in [0, 0.1) is 5.92 Å². The van der Waals surface area contributed by atoms with Crippen LogP contribution in [-0.4, -0.2) is 26.3 Å². The molecule has 1 aliphatic heterocycles. The molecule has 19 heavy (non-hydrogen) atoms. The van der Waals surface area contributed by atoms with E-state index in [-0.39, 0.29) is 6.10 Å². The molecular formula is C15H22BrNO2. The number of ether oxygens (including phenoxy) is 2. The van der Waals surface area contributed by atoms with Crippen LogP contribution in [0.15, 0.2) is 22.7 Å². The quantitative estimate of drug-likeness (QED) is 0.897. The van der Waals surface area contributed by atoms with E-state index < -0.39 is 0 Å². The van der Waals surface area contributed by atoms with Gasteiger partial charge in [0.05, 0.1) is 13.2 Å². The van der Waals surface area contributed by atoms with E-state index in [1.54, 1.807) is 7.11 Å². The number of hydrogen-bond acceptors (Lipinski definition) is 3. The minimum absolute atomic E-state index is 0.124. The summed E-state index contributed by atoms with van der Waals surface area (Å²) in [5, 5.41) is 3.51. The van der Waals surface area contributed by atoms with Gasteiger partial charge in [-0.05, 0) is 24.6 Å². The lowest BCUT2D eigenvalue weighted by molar-refractivity contribution is 0.0878. The summed E-state index contributed by atoms with van der Waals surface area (Å²) >= 11 is 3.53. The fourth-order valence-corrected chi connectivity index (χ4v) is 2.88. The number of hydrogen-bond donors (Lipinski definition) is 1. The Morgan fingerprint density at radius 1 is 1.47 bits per heavy atom. The second kappa shape index (κ2) is 6.73. The van der Waals surface area contributed by atoms with Crippen LogP contribution in [0.25, 0.3) is 0 Å². The largest absolute Gasteiger partial charge is 0.496 e. The van der Waals surface area contributed by atoms with Crippen molar-refractivity contribution in [2.75, 3.05) is 20.3 Å². The number of methoxy groups -OCH3 is 1. The maximum Gasteiger partial charge on any atom is 0.124 e. The van der Waals surface area contributed by atoms with E-state index in [1.807, 2.05) is 12.1 Å². The van der Waals surface area contributed by atoms with Gasteiger partial charge in [0.15, 0.2) is 0 Å². The first-order chi connectivity index (χ1) is 9.11. The summed E-state index contributed by atoms with van der Waals surface area (Å²) in [6, 6.07) is 6.61. The second-order valence-electron chi connectivity index (χ2n) is 5.29. The Bertz CT molecular complexity index is 423. The van der Waals surface area contributed by atoms with Crippen molar-refractivity contribution >= 4 is 15.9 Å². The molecule has 1 aromatic carbocycles. The highest BCUT2D eigenvalue weighted by molar-refractivity contribution is 9.10. The molecule has 0 saturated carbocycles. The third-order valence-electron chi connectivity index (χ3n) is 3.50.